The van der Waals surface area contributed by atoms with Crippen LogP contribution in [0.4, 0.5) is 8.78 Å². The number of ether oxygens (including phenoxy) is 1. The second-order valence-corrected chi connectivity index (χ2v) is 4.23. The van der Waals surface area contributed by atoms with Crippen molar-refractivity contribution in [2.75, 3.05) is 6.61 Å². The lowest BCUT2D eigenvalue weighted by Crippen LogP contribution is -2.16. The molecule has 0 bridgehead atoms. The zero-order valence-corrected chi connectivity index (χ0v) is 11.2. The zero-order valence-electron chi connectivity index (χ0n) is 9.04. The molecule has 0 unspecified atom stereocenters. The summed E-state index contributed by atoms with van der Waals surface area (Å²) in [6.45, 7) is 1.58. The molecule has 1 rings (SSSR count). The second kappa shape index (κ2) is 6.20. The molecule has 0 spiro atoms. The maximum atomic E-state index is 12.9. The molecule has 0 amide bonds. The van der Waals surface area contributed by atoms with E-state index in [0.717, 1.165) is 0 Å². The molecule has 0 fully saturated rings. The molecule has 1 aromatic rings. The van der Waals surface area contributed by atoms with Crippen LogP contribution in [0.5, 0.6) is 0 Å². The van der Waals surface area contributed by atoms with E-state index in [1.165, 1.54) is 6.20 Å². The Balaban J connectivity index is 3.38. The van der Waals surface area contributed by atoms with Gasteiger partial charge in [-0.3, -0.25) is 4.98 Å². The fourth-order valence-corrected chi connectivity index (χ4v) is 2.00. The summed E-state index contributed by atoms with van der Waals surface area (Å²) in [6, 6.07) is 0. The highest BCUT2D eigenvalue weighted by Crippen LogP contribution is 2.29. The van der Waals surface area contributed by atoms with Crippen LogP contribution in [0.2, 0.25) is 0 Å². The van der Waals surface area contributed by atoms with E-state index in [-0.39, 0.29) is 24.4 Å². The number of carbonyl (C=O) groups excluding carboxylic acids is 1. The van der Waals surface area contributed by atoms with Crippen LogP contribution in [0.15, 0.2) is 6.20 Å². The van der Waals surface area contributed by atoms with Crippen LogP contribution in [0, 0.1) is 3.57 Å². The third-order valence-electron chi connectivity index (χ3n) is 2.04. The molecule has 2 N–H and O–H groups in total. The number of aromatic nitrogens is 1. The summed E-state index contributed by atoms with van der Waals surface area (Å²) in [7, 11) is 0. The summed E-state index contributed by atoms with van der Waals surface area (Å²) in [4.78, 5) is 15.4. The number of halogens is 3. The number of rotatable bonds is 4. The minimum absolute atomic E-state index is 0.0171. The lowest BCUT2D eigenvalue weighted by atomic mass is 10.1. The Morgan fingerprint density at radius 1 is 1.65 bits per heavy atom. The van der Waals surface area contributed by atoms with Gasteiger partial charge in [-0.25, -0.2) is 13.6 Å². The zero-order chi connectivity index (χ0) is 13.0. The molecular formula is C10H11F2IN2O2. The predicted molar refractivity (Wildman–Crippen MR) is 65.8 cm³/mol. The highest BCUT2D eigenvalue weighted by molar-refractivity contribution is 14.1. The Kier molecular flexibility index (Phi) is 5.19. The first kappa shape index (κ1) is 14.2. The first-order valence-corrected chi connectivity index (χ1v) is 5.93. The average Bonchev–Trinajstić information content (AvgIpc) is 2.28. The van der Waals surface area contributed by atoms with E-state index < -0.39 is 18.0 Å². The molecule has 0 aromatic carbocycles. The SMILES string of the molecule is CCOC(=O)c1c(I)cnc(CN)c1C(F)F. The third-order valence-corrected chi connectivity index (χ3v) is 2.86. The normalized spacial score (nSPS) is 10.7. The van der Waals surface area contributed by atoms with Gasteiger partial charge in [-0.2, -0.15) is 0 Å². The average molecular weight is 356 g/mol. The van der Waals surface area contributed by atoms with Gasteiger partial charge in [0, 0.05) is 16.3 Å². The number of nitrogens with zero attached hydrogens (tertiary/aromatic N) is 1. The molecule has 94 valence electrons. The molecule has 1 heterocycles. The van der Waals surface area contributed by atoms with Crippen molar-refractivity contribution >= 4 is 28.6 Å². The standard InChI is InChI=1S/C10H11F2IN2O2/c1-2-17-10(16)7-5(13)4-15-6(3-14)8(7)9(11)12/h4,9H,2-3,14H2,1H3. The molecule has 0 radical (unpaired) electrons. The Bertz CT molecular complexity index is 427. The van der Waals surface area contributed by atoms with Gasteiger partial charge in [0.2, 0.25) is 0 Å². The largest absolute Gasteiger partial charge is 0.462 e. The van der Waals surface area contributed by atoms with Crippen LogP contribution in [0.1, 0.15) is 35.0 Å². The van der Waals surface area contributed by atoms with Crippen LogP contribution < -0.4 is 5.73 Å². The van der Waals surface area contributed by atoms with Gasteiger partial charge in [-0.15, -0.1) is 0 Å². The maximum absolute atomic E-state index is 12.9. The lowest BCUT2D eigenvalue weighted by molar-refractivity contribution is 0.0513. The van der Waals surface area contributed by atoms with Gasteiger partial charge in [-0.1, -0.05) is 0 Å². The summed E-state index contributed by atoms with van der Waals surface area (Å²) in [5.74, 6) is -0.774. The van der Waals surface area contributed by atoms with E-state index in [2.05, 4.69) is 4.98 Å². The molecule has 0 aliphatic carbocycles. The van der Waals surface area contributed by atoms with Crippen molar-refractivity contribution in [2.24, 2.45) is 5.73 Å². The number of nitrogens with two attached hydrogens (primary N) is 1. The monoisotopic (exact) mass is 356 g/mol. The second-order valence-electron chi connectivity index (χ2n) is 3.07. The smallest absolute Gasteiger partial charge is 0.339 e. The summed E-state index contributed by atoms with van der Waals surface area (Å²) in [5.41, 5.74) is 4.77. The van der Waals surface area contributed by atoms with Crippen LogP contribution in [0.25, 0.3) is 0 Å². The lowest BCUT2D eigenvalue weighted by Gasteiger charge is -2.13. The minimum atomic E-state index is -2.81. The van der Waals surface area contributed by atoms with Crippen molar-refractivity contribution in [1.82, 2.24) is 4.98 Å². The molecule has 0 aliphatic rings. The summed E-state index contributed by atoms with van der Waals surface area (Å²) < 4.78 is 31.0. The van der Waals surface area contributed by atoms with Gasteiger partial charge in [0.15, 0.2) is 0 Å². The summed E-state index contributed by atoms with van der Waals surface area (Å²) in [6.07, 6.45) is -1.48. The Labute approximate surface area is 111 Å². The van der Waals surface area contributed by atoms with E-state index >= 15 is 0 Å². The van der Waals surface area contributed by atoms with Gasteiger partial charge in [0.05, 0.1) is 23.4 Å². The van der Waals surface area contributed by atoms with Gasteiger partial charge in [-0.05, 0) is 29.5 Å². The Morgan fingerprint density at radius 2 is 2.29 bits per heavy atom. The number of hydrogen-bond donors (Lipinski definition) is 1. The highest BCUT2D eigenvalue weighted by Gasteiger charge is 2.26. The molecule has 0 atom stereocenters. The Hall–Kier alpha value is -0.830. The van der Waals surface area contributed by atoms with Crippen LogP contribution in [0.3, 0.4) is 0 Å². The topological polar surface area (TPSA) is 65.2 Å². The Morgan fingerprint density at radius 3 is 2.76 bits per heavy atom. The maximum Gasteiger partial charge on any atom is 0.339 e. The third kappa shape index (κ3) is 3.09. The fourth-order valence-electron chi connectivity index (χ4n) is 1.35. The van der Waals surface area contributed by atoms with Gasteiger partial charge < -0.3 is 10.5 Å². The quantitative estimate of drug-likeness (QED) is 0.664. The number of carbonyl (C=O) groups is 1. The van der Waals surface area contributed by atoms with Crippen molar-refractivity contribution in [2.45, 2.75) is 19.9 Å². The summed E-state index contributed by atoms with van der Waals surface area (Å²) in [5, 5.41) is 0. The highest BCUT2D eigenvalue weighted by atomic mass is 127. The molecule has 0 saturated heterocycles. The van der Waals surface area contributed by atoms with E-state index in [1.54, 1.807) is 29.5 Å². The molecule has 0 aliphatic heterocycles. The molecule has 0 saturated carbocycles. The van der Waals surface area contributed by atoms with Crippen molar-refractivity contribution < 1.29 is 18.3 Å². The van der Waals surface area contributed by atoms with Crippen molar-refractivity contribution in [3.05, 3.63) is 26.6 Å². The number of hydrogen-bond acceptors (Lipinski definition) is 4. The number of pyridine rings is 1. The van der Waals surface area contributed by atoms with E-state index in [9.17, 15) is 13.6 Å². The van der Waals surface area contributed by atoms with Crippen molar-refractivity contribution in [3.63, 3.8) is 0 Å². The molecule has 17 heavy (non-hydrogen) atoms. The number of alkyl halides is 2. The van der Waals surface area contributed by atoms with E-state index in [1.807, 2.05) is 0 Å². The van der Waals surface area contributed by atoms with Crippen LogP contribution >= 0.6 is 22.6 Å². The van der Waals surface area contributed by atoms with Crippen LogP contribution in [-0.4, -0.2) is 17.6 Å². The fraction of sp³-hybridized carbons (Fsp3) is 0.400. The van der Waals surface area contributed by atoms with Crippen molar-refractivity contribution in [1.29, 1.82) is 0 Å². The number of esters is 1. The molecule has 7 heteroatoms. The van der Waals surface area contributed by atoms with E-state index in [4.69, 9.17) is 10.5 Å². The van der Waals surface area contributed by atoms with E-state index in [0.29, 0.717) is 3.57 Å². The summed E-state index contributed by atoms with van der Waals surface area (Å²) >= 11 is 1.77. The minimum Gasteiger partial charge on any atom is -0.462 e. The predicted octanol–water partition coefficient (Wildman–Crippen LogP) is 2.26. The van der Waals surface area contributed by atoms with Crippen LogP contribution in [-0.2, 0) is 11.3 Å². The van der Waals surface area contributed by atoms with Gasteiger partial charge in [0.1, 0.15) is 0 Å². The molecular weight excluding hydrogens is 345 g/mol. The molecule has 4 nitrogen and oxygen atoms in total. The first-order valence-electron chi connectivity index (χ1n) is 4.85. The molecule has 1 aromatic heterocycles. The van der Waals surface area contributed by atoms with Gasteiger partial charge in [0.25, 0.3) is 6.43 Å². The van der Waals surface area contributed by atoms with Crippen molar-refractivity contribution in [3.8, 4) is 0 Å². The first-order chi connectivity index (χ1) is 8.02. The van der Waals surface area contributed by atoms with Gasteiger partial charge >= 0.3 is 5.97 Å².